The summed E-state index contributed by atoms with van der Waals surface area (Å²) in [4.78, 5) is 25.4. The summed E-state index contributed by atoms with van der Waals surface area (Å²) < 4.78 is 71.5. The van der Waals surface area contributed by atoms with Gasteiger partial charge in [-0.3, -0.25) is 9.59 Å². The van der Waals surface area contributed by atoms with Crippen LogP contribution in [0.15, 0.2) is 71.2 Å². The van der Waals surface area contributed by atoms with Crippen LogP contribution in [0.5, 0.6) is 0 Å². The fourth-order valence-corrected chi connectivity index (χ4v) is 7.19. The maximum absolute atomic E-state index is 15.1. The topological polar surface area (TPSA) is 52.6 Å². The molecular formula is C42H48F4O4. The van der Waals surface area contributed by atoms with Crippen LogP contribution in [0, 0.1) is 13.8 Å². The summed E-state index contributed by atoms with van der Waals surface area (Å²) in [5.74, 6) is -8.41. The molecule has 2 aromatic rings. The summed E-state index contributed by atoms with van der Waals surface area (Å²) in [6, 6.07) is 11.2. The van der Waals surface area contributed by atoms with Gasteiger partial charge in [0.15, 0.2) is 11.5 Å². The molecule has 4 nitrogen and oxygen atoms in total. The van der Waals surface area contributed by atoms with E-state index in [1.165, 1.54) is 6.08 Å². The van der Waals surface area contributed by atoms with E-state index in [4.69, 9.17) is 9.47 Å². The first-order valence-corrected chi connectivity index (χ1v) is 17.7. The highest BCUT2D eigenvalue weighted by Gasteiger charge is 2.53. The molecule has 6 rings (SSSR count). The third kappa shape index (κ3) is 6.74. The van der Waals surface area contributed by atoms with E-state index in [-0.39, 0.29) is 46.7 Å². The van der Waals surface area contributed by atoms with E-state index in [0.29, 0.717) is 24.0 Å². The predicted octanol–water partition coefficient (Wildman–Crippen LogP) is 11.4. The first-order valence-electron chi connectivity index (χ1n) is 17.7. The van der Waals surface area contributed by atoms with Crippen molar-refractivity contribution in [3.63, 3.8) is 0 Å². The van der Waals surface area contributed by atoms with E-state index >= 15 is 8.78 Å². The second-order valence-electron chi connectivity index (χ2n) is 14.9. The van der Waals surface area contributed by atoms with Gasteiger partial charge in [0, 0.05) is 22.3 Å². The number of fused-ring (bicyclic) bond motifs is 4. The number of ether oxygens (including phenoxy) is 2. The highest BCUT2D eigenvalue weighted by Crippen LogP contribution is 2.52. The number of hydrogen-bond acceptors (Lipinski definition) is 4. The van der Waals surface area contributed by atoms with Crippen molar-refractivity contribution >= 4 is 22.7 Å². The molecule has 0 aromatic heterocycles. The van der Waals surface area contributed by atoms with Crippen molar-refractivity contribution in [1.82, 2.24) is 0 Å². The van der Waals surface area contributed by atoms with Crippen molar-refractivity contribution in [1.29, 1.82) is 0 Å². The van der Waals surface area contributed by atoms with Gasteiger partial charge in [0.2, 0.25) is 5.78 Å². The van der Waals surface area contributed by atoms with Gasteiger partial charge in [-0.05, 0) is 90.5 Å². The van der Waals surface area contributed by atoms with Crippen LogP contribution in [0.4, 0.5) is 17.6 Å². The number of aryl methyl sites for hydroxylation is 2. The molecule has 2 heterocycles. The number of benzene rings is 2. The largest absolute Gasteiger partial charge is 0.482 e. The third-order valence-electron chi connectivity index (χ3n) is 9.94. The van der Waals surface area contributed by atoms with Gasteiger partial charge < -0.3 is 9.47 Å². The summed E-state index contributed by atoms with van der Waals surface area (Å²) in [5, 5.41) is 0. The minimum Gasteiger partial charge on any atom is -0.482 e. The molecule has 268 valence electrons. The van der Waals surface area contributed by atoms with Gasteiger partial charge in [0.1, 0.15) is 17.0 Å². The van der Waals surface area contributed by atoms with Crippen LogP contribution in [-0.4, -0.2) is 23.4 Å². The van der Waals surface area contributed by atoms with Gasteiger partial charge in [0.05, 0.1) is 11.1 Å². The van der Waals surface area contributed by atoms with E-state index < -0.39 is 34.6 Å². The Morgan fingerprint density at radius 2 is 1.10 bits per heavy atom. The molecule has 0 amide bonds. The lowest BCUT2D eigenvalue weighted by atomic mass is 9.78. The zero-order valence-electron chi connectivity index (χ0n) is 30.4. The number of carbonyl (C=O) groups is 2. The highest BCUT2D eigenvalue weighted by molar-refractivity contribution is 6.29. The van der Waals surface area contributed by atoms with Crippen molar-refractivity contribution in [2.24, 2.45) is 0 Å². The predicted molar refractivity (Wildman–Crippen MR) is 189 cm³/mol. The third-order valence-corrected chi connectivity index (χ3v) is 9.94. The number of halogens is 4. The van der Waals surface area contributed by atoms with Crippen molar-refractivity contribution in [3.8, 4) is 0 Å². The first-order chi connectivity index (χ1) is 23.4. The van der Waals surface area contributed by atoms with Crippen molar-refractivity contribution in [2.75, 3.05) is 0 Å². The van der Waals surface area contributed by atoms with E-state index in [1.807, 2.05) is 65.8 Å². The van der Waals surface area contributed by atoms with Crippen molar-refractivity contribution in [3.05, 3.63) is 105 Å². The second kappa shape index (κ2) is 13.6. The molecule has 0 spiro atoms. The number of carbonyl (C=O) groups excluding carboxylic acids is 2. The molecule has 0 N–H and O–H groups in total. The molecule has 2 aromatic carbocycles. The molecule has 0 fully saturated rings. The number of unbranched alkanes of at least 4 members (excludes halogenated alkanes) is 4. The van der Waals surface area contributed by atoms with Crippen molar-refractivity contribution in [2.45, 2.75) is 130 Å². The van der Waals surface area contributed by atoms with Gasteiger partial charge in [-0.15, -0.1) is 0 Å². The standard InChI is InChI=1S/2C21H24F2O2/c1-5-6-7-8-14-12-17-18(19(24)21(14,22)23)15-11-13(2)9-10-16(15)20(3,4)25-17;1-5-6-7-8-14-12-17(24)18-15-11-13(2)9-10-16(15)20(3,4)25-19(18)21(14,22)23/h2*9-12H,5-8H2,1-4H3. The molecule has 2 aliphatic carbocycles. The number of Topliss-reactive ketones (excluding diaryl/α,β-unsaturated/α-hetero) is 1. The number of alkyl halides is 4. The minimum atomic E-state index is -3.46. The summed E-state index contributed by atoms with van der Waals surface area (Å²) in [6.45, 7) is 15.1. The molecule has 8 heteroatoms. The number of allylic oxidation sites excluding steroid dienone is 6. The molecule has 0 unspecified atom stereocenters. The molecule has 50 heavy (non-hydrogen) atoms. The van der Waals surface area contributed by atoms with Gasteiger partial charge >= 0.3 is 11.8 Å². The lowest BCUT2D eigenvalue weighted by molar-refractivity contribution is -0.133. The Balaban J connectivity index is 0.000000194. The summed E-state index contributed by atoms with van der Waals surface area (Å²) in [5.41, 5.74) is 2.73. The van der Waals surface area contributed by atoms with E-state index in [2.05, 4.69) is 0 Å². The van der Waals surface area contributed by atoms with Crippen LogP contribution in [0.1, 0.15) is 126 Å². The van der Waals surface area contributed by atoms with Crippen LogP contribution >= 0.6 is 0 Å². The summed E-state index contributed by atoms with van der Waals surface area (Å²) in [6.07, 6.45) is 7.86. The van der Waals surface area contributed by atoms with E-state index in [0.717, 1.165) is 54.0 Å². The zero-order chi connectivity index (χ0) is 36.8. The molecule has 0 bridgehead atoms. The lowest BCUT2D eigenvalue weighted by Gasteiger charge is -2.40. The highest BCUT2D eigenvalue weighted by atomic mass is 19.3. The molecule has 0 radical (unpaired) electrons. The van der Waals surface area contributed by atoms with Gasteiger partial charge in [-0.1, -0.05) is 87.1 Å². The first kappa shape index (κ1) is 37.3. The van der Waals surface area contributed by atoms with Crippen LogP contribution < -0.4 is 0 Å². The molecule has 0 saturated heterocycles. The van der Waals surface area contributed by atoms with Gasteiger partial charge in [-0.25, -0.2) is 0 Å². The Morgan fingerprint density at radius 3 is 1.62 bits per heavy atom. The fraction of sp³-hybridized carbons (Fsp3) is 0.476. The Kier molecular flexibility index (Phi) is 10.2. The minimum absolute atomic E-state index is 0.0160. The maximum Gasteiger partial charge on any atom is 0.331 e. The average molecular weight is 693 g/mol. The van der Waals surface area contributed by atoms with Crippen LogP contribution in [0.2, 0.25) is 0 Å². The average Bonchev–Trinajstić information content (AvgIpc) is 3.02. The maximum atomic E-state index is 15.1. The Hall–Kier alpha value is -3.94. The van der Waals surface area contributed by atoms with Gasteiger partial charge in [-0.2, -0.15) is 17.6 Å². The molecule has 0 atom stereocenters. The fourth-order valence-electron chi connectivity index (χ4n) is 7.19. The van der Waals surface area contributed by atoms with Crippen LogP contribution in [0.3, 0.4) is 0 Å². The lowest BCUT2D eigenvalue weighted by Crippen LogP contribution is -2.39. The van der Waals surface area contributed by atoms with Gasteiger partial charge in [0.25, 0.3) is 0 Å². The van der Waals surface area contributed by atoms with Crippen LogP contribution in [0.25, 0.3) is 11.1 Å². The van der Waals surface area contributed by atoms with Crippen LogP contribution in [-0.2, 0) is 30.3 Å². The molecule has 4 aliphatic rings. The normalized spacial score (nSPS) is 20.6. The second-order valence-corrected chi connectivity index (χ2v) is 14.9. The molecular weight excluding hydrogens is 644 g/mol. The Labute approximate surface area is 293 Å². The smallest absolute Gasteiger partial charge is 0.331 e. The van der Waals surface area contributed by atoms with Crippen molar-refractivity contribution < 1.29 is 36.6 Å². The zero-order valence-corrected chi connectivity index (χ0v) is 30.4. The number of ketones is 2. The quantitative estimate of drug-likeness (QED) is 0.204. The Bertz CT molecular complexity index is 1840. The van der Waals surface area contributed by atoms with E-state index in [9.17, 15) is 18.4 Å². The Morgan fingerprint density at radius 1 is 0.620 bits per heavy atom. The number of hydrogen-bond donors (Lipinski definition) is 0. The molecule has 2 aliphatic heterocycles. The van der Waals surface area contributed by atoms with E-state index in [1.54, 1.807) is 26.0 Å². The SMILES string of the molecule is CCCCCC1=CC(=O)C2=C(OC(C)(C)c3ccc(C)cc32)C1(F)F.CCCCCC1=CC2=C(C(=O)C1(F)F)c1cc(C)ccc1C(C)(C)O2. The number of rotatable bonds is 8. The monoisotopic (exact) mass is 692 g/mol. The summed E-state index contributed by atoms with van der Waals surface area (Å²) >= 11 is 0. The molecule has 0 saturated carbocycles. The summed E-state index contributed by atoms with van der Waals surface area (Å²) in [7, 11) is 0.